The van der Waals surface area contributed by atoms with Crippen LogP contribution in [0.3, 0.4) is 0 Å². The Morgan fingerprint density at radius 2 is 1.87 bits per heavy atom. The first-order valence-electron chi connectivity index (χ1n) is 8.94. The van der Waals surface area contributed by atoms with E-state index in [1.807, 2.05) is 31.2 Å². The van der Waals surface area contributed by atoms with Crippen molar-refractivity contribution in [2.24, 2.45) is 0 Å². The van der Waals surface area contributed by atoms with Crippen molar-refractivity contribution in [3.8, 4) is 5.69 Å². The highest BCUT2D eigenvalue weighted by Gasteiger charge is 2.17. The zero-order valence-electron chi connectivity index (χ0n) is 16.1. The Hall–Kier alpha value is -4.34. The van der Waals surface area contributed by atoms with Gasteiger partial charge in [-0.15, -0.1) is 0 Å². The molecular weight excluding hydrogens is 388 g/mol. The number of benzene rings is 2. The highest BCUT2D eigenvalue weighted by Crippen LogP contribution is 2.19. The molecule has 2 heterocycles. The first-order chi connectivity index (χ1) is 14.3. The number of amides is 1. The monoisotopic (exact) mass is 404 g/mol. The number of fused-ring (bicyclic) bond motifs is 1. The Morgan fingerprint density at radius 1 is 1.13 bits per heavy atom. The Labute approximate surface area is 169 Å². The van der Waals surface area contributed by atoms with Crippen molar-refractivity contribution in [3.63, 3.8) is 0 Å². The van der Waals surface area contributed by atoms with E-state index in [9.17, 15) is 19.7 Å². The van der Waals surface area contributed by atoms with Crippen LogP contribution >= 0.6 is 0 Å². The highest BCUT2D eigenvalue weighted by molar-refractivity contribution is 6.00. The van der Waals surface area contributed by atoms with Gasteiger partial charge in [0.15, 0.2) is 5.65 Å². The van der Waals surface area contributed by atoms with Crippen LogP contribution in [0.5, 0.6) is 0 Å². The summed E-state index contributed by atoms with van der Waals surface area (Å²) in [4.78, 5) is 40.1. The molecule has 0 atom stereocenters. The van der Waals surface area contributed by atoms with Gasteiger partial charge >= 0.3 is 0 Å². The van der Waals surface area contributed by atoms with Gasteiger partial charge in [-0.05, 0) is 32.0 Å². The van der Waals surface area contributed by atoms with Crippen LogP contribution in [0.4, 0.5) is 5.69 Å². The summed E-state index contributed by atoms with van der Waals surface area (Å²) in [6, 6.07) is 11.7. The van der Waals surface area contributed by atoms with Crippen LogP contribution < -0.4 is 11.0 Å². The molecule has 0 saturated heterocycles. The summed E-state index contributed by atoms with van der Waals surface area (Å²) in [6.07, 6.45) is 2.56. The van der Waals surface area contributed by atoms with Crippen LogP contribution in [0.2, 0.25) is 0 Å². The molecule has 0 unspecified atom stereocenters. The zero-order chi connectivity index (χ0) is 21.4. The fourth-order valence-electron chi connectivity index (χ4n) is 2.99. The van der Waals surface area contributed by atoms with Crippen molar-refractivity contribution in [2.75, 3.05) is 5.43 Å². The van der Waals surface area contributed by atoms with Gasteiger partial charge in [-0.2, -0.15) is 5.10 Å². The molecular formula is C20H16N6O4. The summed E-state index contributed by atoms with van der Waals surface area (Å²) >= 11 is 0. The Morgan fingerprint density at radius 3 is 2.57 bits per heavy atom. The van der Waals surface area contributed by atoms with E-state index < -0.39 is 16.4 Å². The number of carbonyl (C=O) groups excluding carboxylic acids is 1. The normalized spacial score (nSPS) is 10.9. The molecule has 10 nitrogen and oxygen atoms in total. The summed E-state index contributed by atoms with van der Waals surface area (Å²) in [5, 5.41) is 15.5. The lowest BCUT2D eigenvalue weighted by molar-refractivity contribution is -0.385. The van der Waals surface area contributed by atoms with Gasteiger partial charge in [-0.25, -0.2) is 14.3 Å². The number of nitro benzene ring substituents is 1. The number of carbonyl (C=O) groups is 1. The second kappa shape index (κ2) is 7.24. The Bertz CT molecular complexity index is 1350. The van der Waals surface area contributed by atoms with Crippen LogP contribution in [0, 0.1) is 24.0 Å². The largest absolute Gasteiger partial charge is 0.283 e. The number of nitrogens with zero attached hydrogens (tertiary/aromatic N) is 5. The number of rotatable bonds is 4. The number of hydrogen-bond donors (Lipinski definition) is 1. The van der Waals surface area contributed by atoms with Crippen molar-refractivity contribution in [1.29, 1.82) is 0 Å². The molecule has 4 rings (SSSR count). The minimum absolute atomic E-state index is 0.0506. The van der Waals surface area contributed by atoms with E-state index in [0.29, 0.717) is 11.2 Å². The van der Waals surface area contributed by atoms with Crippen molar-refractivity contribution < 1.29 is 9.72 Å². The molecule has 2 aromatic heterocycles. The summed E-state index contributed by atoms with van der Waals surface area (Å²) in [5.74, 6) is -0.674. The lowest BCUT2D eigenvalue weighted by atomic mass is 10.1. The Kier molecular flexibility index (Phi) is 4.59. The maximum atomic E-state index is 12.8. The maximum absolute atomic E-state index is 12.8. The number of aromatic nitrogens is 4. The van der Waals surface area contributed by atoms with Crippen LogP contribution in [-0.2, 0) is 0 Å². The molecule has 0 fully saturated rings. The predicted molar refractivity (Wildman–Crippen MR) is 109 cm³/mol. The first-order valence-corrected chi connectivity index (χ1v) is 8.94. The third-order valence-electron chi connectivity index (χ3n) is 4.66. The molecule has 1 amide bonds. The van der Waals surface area contributed by atoms with E-state index in [-0.39, 0.29) is 16.6 Å². The first kappa shape index (κ1) is 19.0. The number of hydrogen-bond acceptors (Lipinski definition) is 6. The third kappa shape index (κ3) is 3.30. The third-order valence-corrected chi connectivity index (χ3v) is 4.66. The molecule has 4 aromatic rings. The van der Waals surface area contributed by atoms with Gasteiger partial charge in [-0.1, -0.05) is 23.8 Å². The molecule has 150 valence electrons. The molecule has 30 heavy (non-hydrogen) atoms. The van der Waals surface area contributed by atoms with Crippen molar-refractivity contribution in [1.82, 2.24) is 19.4 Å². The molecule has 0 saturated carbocycles. The lowest BCUT2D eigenvalue weighted by Crippen LogP contribution is -2.33. The van der Waals surface area contributed by atoms with Crippen LogP contribution in [-0.4, -0.2) is 30.3 Å². The molecule has 2 aromatic carbocycles. The van der Waals surface area contributed by atoms with Crippen molar-refractivity contribution in [2.45, 2.75) is 13.8 Å². The quantitative estimate of drug-likeness (QED) is 0.411. The van der Waals surface area contributed by atoms with Gasteiger partial charge in [0.1, 0.15) is 11.7 Å². The van der Waals surface area contributed by atoms with E-state index in [1.165, 1.54) is 29.3 Å². The summed E-state index contributed by atoms with van der Waals surface area (Å²) in [5.41, 5.74) is 4.37. The van der Waals surface area contributed by atoms with E-state index in [2.05, 4.69) is 15.5 Å². The SMILES string of the molecule is Cc1ccc(-n2ncc3c(=O)n(NC(=O)c4ccc(C)c([N+](=O)[O-])c4)cnc32)cc1. The minimum atomic E-state index is -0.674. The van der Waals surface area contributed by atoms with E-state index in [1.54, 1.807) is 6.92 Å². The molecule has 0 aliphatic rings. The molecule has 0 aliphatic carbocycles. The number of aryl methyl sites for hydroxylation is 2. The molecule has 1 N–H and O–H groups in total. The number of nitro groups is 1. The standard InChI is InChI=1S/C20H16N6O4/c1-12-3-7-15(8-4-12)25-18-16(10-22-25)20(28)24(11-21-18)23-19(27)14-6-5-13(2)17(9-14)26(29)30/h3-11H,1-2H3,(H,23,27). The van der Waals surface area contributed by atoms with Gasteiger partial charge in [0.05, 0.1) is 16.8 Å². The summed E-state index contributed by atoms with van der Waals surface area (Å²) < 4.78 is 2.46. The van der Waals surface area contributed by atoms with Gasteiger partial charge in [0, 0.05) is 17.2 Å². The van der Waals surface area contributed by atoms with Crippen molar-refractivity contribution >= 4 is 22.6 Å². The molecule has 0 bridgehead atoms. The van der Waals surface area contributed by atoms with Gasteiger partial charge < -0.3 is 0 Å². The second-order valence-electron chi connectivity index (χ2n) is 6.75. The fraction of sp³-hybridized carbons (Fsp3) is 0.100. The van der Waals surface area contributed by atoms with Crippen LogP contribution in [0.25, 0.3) is 16.7 Å². The van der Waals surface area contributed by atoms with Gasteiger partial charge in [0.2, 0.25) is 0 Å². The molecule has 0 radical (unpaired) electrons. The molecule has 0 spiro atoms. The fourth-order valence-corrected chi connectivity index (χ4v) is 2.99. The average molecular weight is 404 g/mol. The highest BCUT2D eigenvalue weighted by atomic mass is 16.6. The Balaban J connectivity index is 1.67. The average Bonchev–Trinajstić information content (AvgIpc) is 3.15. The van der Waals surface area contributed by atoms with E-state index in [0.717, 1.165) is 22.0 Å². The zero-order valence-corrected chi connectivity index (χ0v) is 16.1. The maximum Gasteiger partial charge on any atom is 0.283 e. The molecule has 10 heteroatoms. The van der Waals surface area contributed by atoms with Crippen LogP contribution in [0.1, 0.15) is 21.5 Å². The number of nitrogens with one attached hydrogen (secondary N) is 1. The topological polar surface area (TPSA) is 125 Å². The lowest BCUT2D eigenvalue weighted by Gasteiger charge is -2.09. The smallest absolute Gasteiger partial charge is 0.267 e. The van der Waals surface area contributed by atoms with Crippen molar-refractivity contribution in [3.05, 3.63) is 92.1 Å². The predicted octanol–water partition coefficient (Wildman–Crippen LogP) is 2.49. The van der Waals surface area contributed by atoms with Gasteiger partial charge in [-0.3, -0.25) is 25.1 Å². The molecule has 0 aliphatic heterocycles. The summed E-state index contributed by atoms with van der Waals surface area (Å²) in [7, 11) is 0. The second-order valence-corrected chi connectivity index (χ2v) is 6.75. The van der Waals surface area contributed by atoms with E-state index in [4.69, 9.17) is 0 Å². The minimum Gasteiger partial charge on any atom is -0.267 e. The van der Waals surface area contributed by atoms with Gasteiger partial charge in [0.25, 0.3) is 17.2 Å². The van der Waals surface area contributed by atoms with E-state index >= 15 is 0 Å². The van der Waals surface area contributed by atoms with Crippen LogP contribution in [0.15, 0.2) is 59.8 Å². The summed E-state index contributed by atoms with van der Waals surface area (Å²) in [6.45, 7) is 3.54.